The van der Waals surface area contributed by atoms with Gasteiger partial charge >= 0.3 is 0 Å². The van der Waals surface area contributed by atoms with E-state index in [2.05, 4.69) is 18.8 Å². The van der Waals surface area contributed by atoms with E-state index in [0.29, 0.717) is 11.3 Å². The van der Waals surface area contributed by atoms with E-state index in [0.717, 1.165) is 6.42 Å². The zero-order chi connectivity index (χ0) is 10.1. The maximum Gasteiger partial charge on any atom is 0.0934 e. The van der Waals surface area contributed by atoms with Gasteiger partial charge in [-0.05, 0) is 32.6 Å². The van der Waals surface area contributed by atoms with Crippen molar-refractivity contribution in [3.8, 4) is 0 Å². The van der Waals surface area contributed by atoms with E-state index in [4.69, 9.17) is 11.6 Å². The molecule has 1 aliphatic rings. The molecule has 1 aromatic rings. The number of rotatable bonds is 2. The first-order valence-corrected chi connectivity index (χ1v) is 6.49. The van der Waals surface area contributed by atoms with Gasteiger partial charge in [-0.25, -0.2) is 4.98 Å². The highest BCUT2D eigenvalue weighted by atomic mass is 35.5. The van der Waals surface area contributed by atoms with Crippen LogP contribution in [0.2, 0.25) is 0 Å². The summed E-state index contributed by atoms with van der Waals surface area (Å²) in [6, 6.07) is 0. The molecular weight excluding hydrogens is 214 g/mol. The van der Waals surface area contributed by atoms with Gasteiger partial charge in [-0.2, -0.15) is 0 Å². The summed E-state index contributed by atoms with van der Waals surface area (Å²) in [6.45, 7) is 4.23. The van der Waals surface area contributed by atoms with Crippen LogP contribution in [-0.4, -0.2) is 10.4 Å². The number of aryl methyl sites for hydroxylation is 2. The Balaban J connectivity index is 2.03. The predicted molar refractivity (Wildman–Crippen MR) is 62.3 cm³/mol. The summed E-state index contributed by atoms with van der Waals surface area (Å²) in [4.78, 5) is 5.92. The highest BCUT2D eigenvalue weighted by Gasteiger charge is 2.26. The van der Waals surface area contributed by atoms with Crippen LogP contribution in [0, 0.1) is 19.8 Å². The van der Waals surface area contributed by atoms with Crippen LogP contribution in [0.25, 0.3) is 0 Å². The van der Waals surface area contributed by atoms with Gasteiger partial charge in [0.1, 0.15) is 0 Å². The van der Waals surface area contributed by atoms with Crippen molar-refractivity contribution in [3.05, 3.63) is 15.6 Å². The molecule has 1 aromatic heterocycles. The van der Waals surface area contributed by atoms with Crippen LogP contribution in [0.5, 0.6) is 0 Å². The lowest BCUT2D eigenvalue weighted by Crippen LogP contribution is -2.09. The minimum atomic E-state index is 0.388. The van der Waals surface area contributed by atoms with Crippen molar-refractivity contribution in [1.82, 2.24) is 4.98 Å². The Morgan fingerprint density at radius 3 is 2.71 bits per heavy atom. The average Bonchev–Trinajstić information content (AvgIpc) is 2.63. The summed E-state index contributed by atoms with van der Waals surface area (Å²) in [6.07, 6.45) is 4.86. The zero-order valence-corrected chi connectivity index (χ0v) is 10.3. The number of thiazole rings is 1. The molecule has 2 rings (SSSR count). The van der Waals surface area contributed by atoms with Crippen LogP contribution < -0.4 is 0 Å². The molecule has 1 nitrogen and oxygen atoms in total. The molecule has 0 spiro atoms. The lowest BCUT2D eigenvalue weighted by Gasteiger charge is -2.10. The molecule has 1 heterocycles. The first-order chi connectivity index (χ1) is 6.66. The van der Waals surface area contributed by atoms with Gasteiger partial charge in [0, 0.05) is 16.7 Å². The van der Waals surface area contributed by atoms with E-state index < -0.39 is 0 Å². The molecule has 1 saturated carbocycles. The van der Waals surface area contributed by atoms with Gasteiger partial charge in [0.25, 0.3) is 0 Å². The Hall–Kier alpha value is -0.0800. The fourth-order valence-electron chi connectivity index (χ4n) is 2.07. The van der Waals surface area contributed by atoms with Crippen LogP contribution in [0.15, 0.2) is 0 Å². The molecule has 1 fully saturated rings. The van der Waals surface area contributed by atoms with Crippen LogP contribution >= 0.6 is 22.9 Å². The van der Waals surface area contributed by atoms with E-state index in [-0.39, 0.29) is 0 Å². The molecule has 1 aliphatic carbocycles. The predicted octanol–water partition coefficient (Wildman–Crippen LogP) is 3.71. The first kappa shape index (κ1) is 10.4. The second-order valence-electron chi connectivity index (χ2n) is 4.16. The molecule has 0 amide bonds. The summed E-state index contributed by atoms with van der Waals surface area (Å²) < 4.78 is 0. The van der Waals surface area contributed by atoms with Gasteiger partial charge in [0.15, 0.2) is 0 Å². The largest absolute Gasteiger partial charge is 0.246 e. The maximum atomic E-state index is 6.25. The highest BCUT2D eigenvalue weighted by molar-refractivity contribution is 7.11. The third kappa shape index (κ3) is 2.12. The molecule has 2 atom stereocenters. The number of aromatic nitrogens is 1. The number of hydrogen-bond acceptors (Lipinski definition) is 2. The summed E-state index contributed by atoms with van der Waals surface area (Å²) in [5.41, 5.74) is 1.19. The number of alkyl halides is 1. The Labute approximate surface area is 94.5 Å². The van der Waals surface area contributed by atoms with Crippen molar-refractivity contribution in [1.29, 1.82) is 0 Å². The summed E-state index contributed by atoms with van der Waals surface area (Å²) in [5, 5.41) is 1.66. The minimum Gasteiger partial charge on any atom is -0.246 e. The molecule has 78 valence electrons. The van der Waals surface area contributed by atoms with Crippen molar-refractivity contribution in [2.45, 2.75) is 44.9 Å². The summed E-state index contributed by atoms with van der Waals surface area (Å²) in [7, 11) is 0. The third-order valence-electron chi connectivity index (χ3n) is 3.08. The van der Waals surface area contributed by atoms with Gasteiger partial charge in [-0.3, -0.25) is 0 Å². The average molecular weight is 230 g/mol. The van der Waals surface area contributed by atoms with Crippen LogP contribution in [0.1, 0.15) is 34.8 Å². The monoisotopic (exact) mass is 229 g/mol. The molecule has 2 unspecified atom stereocenters. The van der Waals surface area contributed by atoms with Crippen molar-refractivity contribution >= 4 is 22.9 Å². The fraction of sp³-hybridized carbons (Fsp3) is 0.727. The lowest BCUT2D eigenvalue weighted by molar-refractivity contribution is 0.551. The number of hydrogen-bond donors (Lipinski definition) is 0. The first-order valence-electron chi connectivity index (χ1n) is 5.24. The fourth-order valence-corrected chi connectivity index (χ4v) is 3.47. The summed E-state index contributed by atoms with van der Waals surface area (Å²) >= 11 is 8.09. The molecule has 0 aromatic carbocycles. The second-order valence-corrected chi connectivity index (χ2v) is 6.01. The van der Waals surface area contributed by atoms with Crippen molar-refractivity contribution in [2.24, 2.45) is 5.92 Å². The van der Waals surface area contributed by atoms with Crippen molar-refractivity contribution in [2.75, 3.05) is 0 Å². The van der Waals surface area contributed by atoms with Crippen LogP contribution in [-0.2, 0) is 6.42 Å². The minimum absolute atomic E-state index is 0.388. The molecule has 0 aliphatic heterocycles. The smallest absolute Gasteiger partial charge is 0.0934 e. The second kappa shape index (κ2) is 4.19. The topological polar surface area (TPSA) is 12.9 Å². The Morgan fingerprint density at radius 2 is 2.21 bits per heavy atom. The van der Waals surface area contributed by atoms with E-state index in [1.54, 1.807) is 0 Å². The molecular formula is C11H16ClNS. The highest BCUT2D eigenvalue weighted by Crippen LogP contribution is 2.33. The number of nitrogens with zero attached hydrogens (tertiary/aromatic N) is 1. The zero-order valence-electron chi connectivity index (χ0n) is 8.72. The normalized spacial score (nSPS) is 27.1. The van der Waals surface area contributed by atoms with E-state index in [9.17, 15) is 0 Å². The Kier molecular flexibility index (Phi) is 3.13. The van der Waals surface area contributed by atoms with Crippen molar-refractivity contribution in [3.63, 3.8) is 0 Å². The van der Waals surface area contributed by atoms with Gasteiger partial charge in [-0.1, -0.05) is 6.42 Å². The van der Waals surface area contributed by atoms with Crippen LogP contribution in [0.4, 0.5) is 0 Å². The van der Waals surface area contributed by atoms with Gasteiger partial charge in [0.2, 0.25) is 0 Å². The molecule has 3 heteroatoms. The van der Waals surface area contributed by atoms with E-state index in [1.165, 1.54) is 34.8 Å². The maximum absolute atomic E-state index is 6.25. The van der Waals surface area contributed by atoms with Crippen LogP contribution in [0.3, 0.4) is 0 Å². The molecule has 0 N–H and O–H groups in total. The number of halogens is 1. The molecule has 14 heavy (non-hydrogen) atoms. The standard InChI is InChI=1S/C11H16ClNS/c1-7-8(2)14-11(13-7)6-9-4-3-5-10(9)12/h9-10H,3-6H2,1-2H3. The third-order valence-corrected chi connectivity index (χ3v) is 4.75. The van der Waals surface area contributed by atoms with Gasteiger partial charge in [-0.15, -0.1) is 22.9 Å². The molecule has 0 saturated heterocycles. The van der Waals surface area contributed by atoms with Gasteiger partial charge in [0.05, 0.1) is 10.7 Å². The summed E-state index contributed by atoms with van der Waals surface area (Å²) in [5.74, 6) is 0.668. The van der Waals surface area contributed by atoms with E-state index >= 15 is 0 Å². The quantitative estimate of drug-likeness (QED) is 0.705. The molecule has 0 bridgehead atoms. The molecule has 0 radical (unpaired) electrons. The van der Waals surface area contributed by atoms with Crippen molar-refractivity contribution < 1.29 is 0 Å². The van der Waals surface area contributed by atoms with E-state index in [1.807, 2.05) is 11.3 Å². The SMILES string of the molecule is Cc1nc(CC2CCCC2Cl)sc1C. The Morgan fingerprint density at radius 1 is 1.43 bits per heavy atom. The lowest BCUT2D eigenvalue weighted by atomic mass is 10.0. The van der Waals surface area contributed by atoms with Gasteiger partial charge < -0.3 is 0 Å². The Bertz CT molecular complexity index is 302.